The van der Waals surface area contributed by atoms with Crippen molar-refractivity contribution in [3.05, 3.63) is 27.9 Å². The van der Waals surface area contributed by atoms with E-state index in [0.717, 1.165) is 12.3 Å². The third-order valence-corrected chi connectivity index (χ3v) is 1.91. The van der Waals surface area contributed by atoms with Crippen LogP contribution in [0.15, 0.2) is 17.4 Å². The Balaban J connectivity index is 2.43. The van der Waals surface area contributed by atoms with Crippen LogP contribution in [-0.2, 0) is 0 Å². The summed E-state index contributed by atoms with van der Waals surface area (Å²) in [6.07, 6.45) is 2.69. The molecule has 0 spiro atoms. The maximum Gasteiger partial charge on any atom is 0.289 e. The average Bonchev–Trinajstić information content (AvgIpc) is 2.81. The van der Waals surface area contributed by atoms with Crippen molar-refractivity contribution in [2.24, 2.45) is 5.10 Å². The predicted molar refractivity (Wildman–Crippen MR) is 54.6 cm³/mol. The number of aromatic nitrogens is 1. The van der Waals surface area contributed by atoms with Crippen LogP contribution in [0.4, 0.5) is 11.5 Å². The molecule has 1 N–H and O–H groups in total. The van der Waals surface area contributed by atoms with E-state index in [1.54, 1.807) is 6.21 Å². The van der Waals surface area contributed by atoms with Gasteiger partial charge in [-0.15, -0.1) is 0 Å². The van der Waals surface area contributed by atoms with Gasteiger partial charge in [-0.2, -0.15) is 15.5 Å². The first-order valence-electron chi connectivity index (χ1n) is 4.33. The predicted octanol–water partition coefficient (Wildman–Crippen LogP) is 0.172. The number of nitrogens with zero attached hydrogens (tertiary/aromatic N) is 5. The highest BCUT2D eigenvalue weighted by Crippen LogP contribution is 2.21. The van der Waals surface area contributed by atoms with Gasteiger partial charge in [0.15, 0.2) is 5.82 Å². The molecule has 1 aromatic rings. The van der Waals surface area contributed by atoms with Crippen LogP contribution < -0.4 is 10.5 Å². The normalized spacial score (nSPS) is 13.8. The van der Waals surface area contributed by atoms with Gasteiger partial charge in [-0.3, -0.25) is 10.1 Å². The summed E-state index contributed by atoms with van der Waals surface area (Å²) in [5.74, 6) is 0.252. The Labute approximate surface area is 89.9 Å². The molecule has 0 aliphatic carbocycles. The maximum atomic E-state index is 10.5. The highest BCUT2D eigenvalue weighted by atomic mass is 16.6. The van der Waals surface area contributed by atoms with Gasteiger partial charge in [-0.25, -0.2) is 10.4 Å². The summed E-state index contributed by atoms with van der Waals surface area (Å²) < 4.78 is 0. The second-order valence-electron chi connectivity index (χ2n) is 2.91. The summed E-state index contributed by atoms with van der Waals surface area (Å²) in [7, 11) is 0. The van der Waals surface area contributed by atoms with E-state index in [2.05, 4.69) is 15.5 Å². The molecule has 0 aromatic carbocycles. The van der Waals surface area contributed by atoms with E-state index < -0.39 is 4.92 Å². The monoisotopic (exact) mass is 218 g/mol. The lowest BCUT2D eigenvalue weighted by atomic mass is 10.2. The van der Waals surface area contributed by atoms with Crippen molar-refractivity contribution in [2.75, 3.05) is 11.7 Å². The highest BCUT2D eigenvalue weighted by molar-refractivity contribution is 5.67. The van der Waals surface area contributed by atoms with Crippen LogP contribution >= 0.6 is 0 Å². The Bertz CT molecular complexity index is 506. The molecule has 0 unspecified atom stereocenters. The molecule has 16 heavy (non-hydrogen) atoms. The SMILES string of the molecule is N#Cc1cc([N+](=O)[O-])cnc1N1N=CCN1. The Hall–Kier alpha value is -2.53. The second kappa shape index (κ2) is 3.92. The number of nitriles is 1. The molecule has 2 rings (SSSR count). The lowest BCUT2D eigenvalue weighted by Crippen LogP contribution is -2.29. The molecule has 2 heterocycles. The molecule has 80 valence electrons. The van der Waals surface area contributed by atoms with Crippen LogP contribution in [0.3, 0.4) is 0 Å². The number of hydrogen-bond acceptors (Lipinski definition) is 7. The van der Waals surface area contributed by atoms with Gasteiger partial charge in [0.2, 0.25) is 0 Å². The van der Waals surface area contributed by atoms with Gasteiger partial charge >= 0.3 is 0 Å². The number of nitrogens with one attached hydrogen (secondary N) is 1. The highest BCUT2D eigenvalue weighted by Gasteiger charge is 2.18. The fourth-order valence-corrected chi connectivity index (χ4v) is 1.22. The fourth-order valence-electron chi connectivity index (χ4n) is 1.22. The average molecular weight is 218 g/mol. The summed E-state index contributed by atoms with van der Waals surface area (Å²) in [4.78, 5) is 13.7. The van der Waals surface area contributed by atoms with E-state index in [-0.39, 0.29) is 17.1 Å². The third kappa shape index (κ3) is 1.67. The molecule has 1 aliphatic heterocycles. The summed E-state index contributed by atoms with van der Waals surface area (Å²) in [5.41, 5.74) is 2.70. The van der Waals surface area contributed by atoms with E-state index in [9.17, 15) is 10.1 Å². The zero-order valence-electron chi connectivity index (χ0n) is 7.99. The summed E-state index contributed by atoms with van der Waals surface area (Å²) in [5, 5.41) is 24.6. The first kappa shape index (κ1) is 10.0. The fraction of sp³-hybridized carbons (Fsp3) is 0.125. The van der Waals surface area contributed by atoms with E-state index in [1.165, 1.54) is 5.12 Å². The van der Waals surface area contributed by atoms with Crippen molar-refractivity contribution >= 4 is 17.7 Å². The molecular weight excluding hydrogens is 212 g/mol. The molecule has 8 heteroatoms. The molecule has 0 saturated carbocycles. The Kier molecular flexibility index (Phi) is 2.45. The number of anilines is 1. The van der Waals surface area contributed by atoms with Crippen molar-refractivity contribution in [2.45, 2.75) is 0 Å². The largest absolute Gasteiger partial charge is 0.289 e. The number of nitro groups is 1. The van der Waals surface area contributed by atoms with Crippen LogP contribution in [-0.4, -0.2) is 22.7 Å². The molecule has 0 amide bonds. The smallest absolute Gasteiger partial charge is 0.258 e. The van der Waals surface area contributed by atoms with Crippen molar-refractivity contribution in [3.63, 3.8) is 0 Å². The van der Waals surface area contributed by atoms with Crippen molar-refractivity contribution in [1.29, 1.82) is 5.26 Å². The van der Waals surface area contributed by atoms with E-state index in [1.807, 2.05) is 6.07 Å². The van der Waals surface area contributed by atoms with Crippen molar-refractivity contribution in [3.8, 4) is 6.07 Å². The molecule has 0 atom stereocenters. The van der Waals surface area contributed by atoms with Gasteiger partial charge in [-0.05, 0) is 0 Å². The minimum atomic E-state index is -0.599. The van der Waals surface area contributed by atoms with Crippen LogP contribution in [0, 0.1) is 21.4 Å². The third-order valence-electron chi connectivity index (χ3n) is 1.91. The van der Waals surface area contributed by atoms with Crippen molar-refractivity contribution in [1.82, 2.24) is 10.4 Å². The van der Waals surface area contributed by atoms with Crippen LogP contribution in [0.5, 0.6) is 0 Å². The quantitative estimate of drug-likeness (QED) is 0.560. The van der Waals surface area contributed by atoms with Gasteiger partial charge in [0, 0.05) is 12.3 Å². The number of pyridine rings is 1. The zero-order chi connectivity index (χ0) is 11.5. The summed E-state index contributed by atoms with van der Waals surface area (Å²) in [6, 6.07) is 3.01. The molecule has 0 bridgehead atoms. The molecule has 0 saturated heterocycles. The minimum absolute atomic E-state index is 0.0979. The lowest BCUT2D eigenvalue weighted by Gasteiger charge is -2.13. The standard InChI is InChI=1S/C8H6N6O2/c9-4-6-3-7(14(15)16)5-10-8(6)13-11-1-2-12-13/h1,3,5,12H,2H2. The summed E-state index contributed by atoms with van der Waals surface area (Å²) >= 11 is 0. The number of hydrazine groups is 1. The van der Waals surface area contributed by atoms with Gasteiger partial charge in [0.1, 0.15) is 17.8 Å². The Morgan fingerprint density at radius 1 is 1.69 bits per heavy atom. The topological polar surface area (TPSA) is 107 Å². The molecule has 8 nitrogen and oxygen atoms in total. The van der Waals surface area contributed by atoms with Gasteiger partial charge < -0.3 is 0 Å². The van der Waals surface area contributed by atoms with Gasteiger partial charge in [0.25, 0.3) is 5.69 Å². The maximum absolute atomic E-state index is 10.5. The lowest BCUT2D eigenvalue weighted by molar-refractivity contribution is -0.385. The molecule has 1 aromatic heterocycles. The second-order valence-corrected chi connectivity index (χ2v) is 2.91. The Morgan fingerprint density at radius 2 is 2.50 bits per heavy atom. The van der Waals surface area contributed by atoms with E-state index in [0.29, 0.717) is 6.54 Å². The van der Waals surface area contributed by atoms with Crippen LogP contribution in [0.25, 0.3) is 0 Å². The van der Waals surface area contributed by atoms with E-state index >= 15 is 0 Å². The molecule has 1 aliphatic rings. The molecule has 0 radical (unpaired) electrons. The van der Waals surface area contributed by atoms with Crippen molar-refractivity contribution < 1.29 is 4.92 Å². The first-order chi connectivity index (χ1) is 7.72. The number of rotatable bonds is 2. The zero-order valence-corrected chi connectivity index (χ0v) is 7.99. The van der Waals surface area contributed by atoms with Gasteiger partial charge in [-0.1, -0.05) is 0 Å². The summed E-state index contributed by atoms with van der Waals surface area (Å²) in [6.45, 7) is 0.531. The van der Waals surface area contributed by atoms with Crippen LogP contribution in [0.2, 0.25) is 0 Å². The first-order valence-corrected chi connectivity index (χ1v) is 4.33. The molecular formula is C8H6N6O2. The number of hydrazone groups is 1. The van der Waals surface area contributed by atoms with Crippen LogP contribution in [0.1, 0.15) is 5.56 Å². The Morgan fingerprint density at radius 3 is 3.06 bits per heavy atom. The minimum Gasteiger partial charge on any atom is -0.258 e. The van der Waals surface area contributed by atoms with E-state index in [4.69, 9.17) is 5.26 Å². The van der Waals surface area contributed by atoms with Gasteiger partial charge in [0.05, 0.1) is 11.5 Å². The number of hydrogen-bond donors (Lipinski definition) is 1. The molecule has 0 fully saturated rings.